The van der Waals surface area contributed by atoms with Crippen molar-refractivity contribution in [3.63, 3.8) is 0 Å². The summed E-state index contributed by atoms with van der Waals surface area (Å²) in [7, 11) is 0. The van der Waals surface area contributed by atoms with Crippen molar-refractivity contribution in [1.29, 1.82) is 0 Å². The van der Waals surface area contributed by atoms with E-state index in [1.54, 1.807) is 6.20 Å². The lowest BCUT2D eigenvalue weighted by atomic mass is 10.2. The molecule has 0 radical (unpaired) electrons. The Morgan fingerprint density at radius 1 is 0.792 bits per heavy atom. The zero-order valence-electron chi connectivity index (χ0n) is 14.5. The Balaban J connectivity index is 2.16. The summed E-state index contributed by atoms with van der Waals surface area (Å²) in [6.07, 6.45) is 10.7. The second-order valence-electron chi connectivity index (χ2n) is 5.20. The van der Waals surface area contributed by atoms with Crippen LogP contribution in [0.3, 0.4) is 0 Å². The molecule has 0 bridgehead atoms. The third-order valence-corrected chi connectivity index (χ3v) is 3.28. The van der Waals surface area contributed by atoms with Gasteiger partial charge < -0.3 is 18.9 Å². The van der Waals surface area contributed by atoms with Gasteiger partial charge in [0, 0.05) is 6.20 Å². The normalized spacial score (nSPS) is 10.0. The van der Waals surface area contributed by atoms with Crippen LogP contribution in [0.2, 0.25) is 0 Å². The highest BCUT2D eigenvalue weighted by atomic mass is 16.5. The zero-order valence-corrected chi connectivity index (χ0v) is 14.5. The molecule has 0 aliphatic rings. The van der Waals surface area contributed by atoms with Crippen LogP contribution in [-0.2, 0) is 9.47 Å². The SMILES string of the molecule is C=COCCCCCOc1cccnc1OCCCCCOC=C. The van der Waals surface area contributed by atoms with Crippen molar-refractivity contribution < 1.29 is 18.9 Å². The lowest BCUT2D eigenvalue weighted by Crippen LogP contribution is -2.04. The predicted molar refractivity (Wildman–Crippen MR) is 95.2 cm³/mol. The van der Waals surface area contributed by atoms with Gasteiger partial charge in [-0.2, -0.15) is 0 Å². The van der Waals surface area contributed by atoms with Gasteiger partial charge in [0.25, 0.3) is 5.88 Å². The number of aromatic nitrogens is 1. The Bertz CT molecular complexity index is 410. The van der Waals surface area contributed by atoms with Crippen LogP contribution in [-0.4, -0.2) is 31.4 Å². The summed E-state index contributed by atoms with van der Waals surface area (Å²) < 4.78 is 21.7. The number of unbranched alkanes of at least 4 members (excludes halogenated alkanes) is 4. The minimum atomic E-state index is 0.565. The molecule has 0 unspecified atom stereocenters. The van der Waals surface area contributed by atoms with Crippen LogP contribution in [0.4, 0.5) is 0 Å². The molecule has 0 aliphatic heterocycles. The Labute approximate surface area is 145 Å². The van der Waals surface area contributed by atoms with Crippen LogP contribution in [0.1, 0.15) is 38.5 Å². The van der Waals surface area contributed by atoms with Crippen LogP contribution in [0.15, 0.2) is 44.0 Å². The summed E-state index contributed by atoms with van der Waals surface area (Å²) in [5.41, 5.74) is 0. The largest absolute Gasteiger partial charge is 0.502 e. The molecule has 24 heavy (non-hydrogen) atoms. The van der Waals surface area contributed by atoms with Crippen LogP contribution >= 0.6 is 0 Å². The third kappa shape index (κ3) is 9.77. The molecular weight excluding hydrogens is 306 g/mol. The summed E-state index contributed by atoms with van der Waals surface area (Å²) >= 11 is 0. The quantitative estimate of drug-likeness (QED) is 0.329. The molecule has 1 aromatic heterocycles. The van der Waals surface area contributed by atoms with Crippen molar-refractivity contribution in [2.75, 3.05) is 26.4 Å². The molecule has 134 valence electrons. The molecule has 0 aromatic carbocycles. The first kappa shape index (κ1) is 19.9. The summed E-state index contributed by atoms with van der Waals surface area (Å²) in [5.74, 6) is 1.27. The van der Waals surface area contributed by atoms with E-state index in [2.05, 4.69) is 18.1 Å². The van der Waals surface area contributed by atoms with Crippen LogP contribution in [0.25, 0.3) is 0 Å². The summed E-state index contributed by atoms with van der Waals surface area (Å²) in [4.78, 5) is 4.25. The van der Waals surface area contributed by atoms with Crippen LogP contribution in [0.5, 0.6) is 11.6 Å². The second kappa shape index (κ2) is 14.4. The fourth-order valence-electron chi connectivity index (χ4n) is 2.04. The molecule has 1 aromatic rings. The molecule has 0 N–H and O–H groups in total. The summed E-state index contributed by atoms with van der Waals surface area (Å²) in [6.45, 7) is 9.72. The fraction of sp³-hybridized carbons (Fsp3) is 0.526. The predicted octanol–water partition coefficient (Wildman–Crippen LogP) is 4.50. The smallest absolute Gasteiger partial charge is 0.256 e. The van der Waals surface area contributed by atoms with E-state index in [1.807, 2.05) is 12.1 Å². The highest BCUT2D eigenvalue weighted by Crippen LogP contribution is 2.24. The molecule has 1 rings (SSSR count). The van der Waals surface area contributed by atoms with Crippen molar-refractivity contribution in [3.8, 4) is 11.6 Å². The van der Waals surface area contributed by atoms with E-state index in [1.165, 1.54) is 12.5 Å². The molecule has 0 atom stereocenters. The van der Waals surface area contributed by atoms with Crippen LogP contribution in [0, 0.1) is 0 Å². The Morgan fingerprint density at radius 3 is 2.00 bits per heavy atom. The van der Waals surface area contributed by atoms with E-state index < -0.39 is 0 Å². The molecule has 0 amide bonds. The number of ether oxygens (including phenoxy) is 4. The molecule has 0 aliphatic carbocycles. The van der Waals surface area contributed by atoms with Gasteiger partial charge in [-0.25, -0.2) is 4.98 Å². The molecule has 5 heteroatoms. The number of rotatable bonds is 16. The molecule has 5 nitrogen and oxygen atoms in total. The van der Waals surface area contributed by atoms with Crippen molar-refractivity contribution >= 4 is 0 Å². The van der Waals surface area contributed by atoms with E-state index >= 15 is 0 Å². The molecule has 1 heterocycles. The van der Waals surface area contributed by atoms with Crippen molar-refractivity contribution in [2.45, 2.75) is 38.5 Å². The van der Waals surface area contributed by atoms with Gasteiger partial charge in [-0.05, 0) is 50.7 Å². The number of pyridine rings is 1. The van der Waals surface area contributed by atoms with Gasteiger partial charge in [-0.1, -0.05) is 13.2 Å². The highest BCUT2D eigenvalue weighted by Gasteiger charge is 2.05. The average Bonchev–Trinajstić information content (AvgIpc) is 2.61. The molecule has 0 saturated heterocycles. The van der Waals surface area contributed by atoms with Gasteiger partial charge in [0.05, 0.1) is 39.0 Å². The number of hydrogen-bond donors (Lipinski definition) is 0. The number of hydrogen-bond acceptors (Lipinski definition) is 5. The van der Waals surface area contributed by atoms with E-state index in [4.69, 9.17) is 18.9 Å². The molecule has 0 saturated carbocycles. The van der Waals surface area contributed by atoms with Crippen molar-refractivity contribution in [3.05, 3.63) is 44.0 Å². The van der Waals surface area contributed by atoms with Crippen molar-refractivity contribution in [1.82, 2.24) is 4.98 Å². The van der Waals surface area contributed by atoms with E-state index in [0.29, 0.717) is 38.1 Å². The lowest BCUT2D eigenvalue weighted by Gasteiger charge is -2.11. The summed E-state index contributed by atoms with van der Waals surface area (Å²) in [5, 5.41) is 0. The first-order valence-electron chi connectivity index (χ1n) is 8.54. The van der Waals surface area contributed by atoms with E-state index in [9.17, 15) is 0 Å². The van der Waals surface area contributed by atoms with Gasteiger partial charge in [-0.15, -0.1) is 0 Å². The van der Waals surface area contributed by atoms with Gasteiger partial charge in [0.1, 0.15) is 0 Å². The third-order valence-electron chi connectivity index (χ3n) is 3.28. The fourth-order valence-corrected chi connectivity index (χ4v) is 2.04. The lowest BCUT2D eigenvalue weighted by molar-refractivity contribution is 0.223. The highest BCUT2D eigenvalue weighted by molar-refractivity contribution is 5.32. The van der Waals surface area contributed by atoms with Gasteiger partial charge in [0.15, 0.2) is 5.75 Å². The maximum absolute atomic E-state index is 5.77. The first-order chi connectivity index (χ1) is 11.9. The summed E-state index contributed by atoms with van der Waals surface area (Å²) in [6, 6.07) is 3.74. The van der Waals surface area contributed by atoms with Crippen molar-refractivity contribution in [2.24, 2.45) is 0 Å². The molecule has 0 fully saturated rings. The molecule has 0 spiro atoms. The van der Waals surface area contributed by atoms with Gasteiger partial charge >= 0.3 is 0 Å². The Hall–Kier alpha value is -2.17. The molecular formula is C19H29NO4. The van der Waals surface area contributed by atoms with E-state index in [0.717, 1.165) is 38.5 Å². The average molecular weight is 335 g/mol. The Morgan fingerprint density at radius 2 is 1.38 bits per heavy atom. The first-order valence-corrected chi connectivity index (χ1v) is 8.54. The monoisotopic (exact) mass is 335 g/mol. The Kier molecular flexibility index (Phi) is 11.9. The second-order valence-corrected chi connectivity index (χ2v) is 5.20. The van der Waals surface area contributed by atoms with Gasteiger partial charge in [-0.3, -0.25) is 0 Å². The standard InChI is InChI=1S/C19H29NO4/c1-3-21-14-7-5-9-16-23-18-12-11-13-20-19(18)24-17-10-6-8-15-22-4-2/h3-4,11-13H,1-2,5-10,14-17H2. The topological polar surface area (TPSA) is 49.8 Å². The van der Waals surface area contributed by atoms with Crippen LogP contribution < -0.4 is 9.47 Å². The number of nitrogens with zero attached hydrogens (tertiary/aromatic N) is 1. The maximum atomic E-state index is 5.77. The zero-order chi connectivity index (χ0) is 17.3. The minimum absolute atomic E-state index is 0.565. The van der Waals surface area contributed by atoms with E-state index in [-0.39, 0.29) is 0 Å². The van der Waals surface area contributed by atoms with Gasteiger partial charge in [0.2, 0.25) is 0 Å². The maximum Gasteiger partial charge on any atom is 0.256 e. The minimum Gasteiger partial charge on any atom is -0.502 e.